The van der Waals surface area contributed by atoms with Gasteiger partial charge in [-0.3, -0.25) is 4.79 Å². The maximum absolute atomic E-state index is 13.9. The molecule has 1 heterocycles. The Balaban J connectivity index is 2.08. The first-order valence-corrected chi connectivity index (χ1v) is 7.86. The summed E-state index contributed by atoms with van der Waals surface area (Å²) in [5.41, 5.74) is 1.96. The normalized spacial score (nSPS) is 10.7. The molecule has 0 radical (unpaired) electrons. The number of anilines is 1. The summed E-state index contributed by atoms with van der Waals surface area (Å²) in [5, 5.41) is 3.31. The number of esters is 1. The average molecular weight is 340 g/mol. The van der Waals surface area contributed by atoms with Gasteiger partial charge in [0.15, 0.2) is 0 Å². The molecule has 25 heavy (non-hydrogen) atoms. The van der Waals surface area contributed by atoms with Crippen LogP contribution in [0.15, 0.2) is 42.5 Å². The van der Waals surface area contributed by atoms with Crippen LogP contribution in [0.3, 0.4) is 0 Å². The van der Waals surface area contributed by atoms with Crippen molar-refractivity contribution in [1.82, 2.24) is 4.98 Å². The van der Waals surface area contributed by atoms with E-state index in [0.29, 0.717) is 10.9 Å². The number of benzene rings is 2. The van der Waals surface area contributed by atoms with E-state index in [-0.39, 0.29) is 23.6 Å². The summed E-state index contributed by atoms with van der Waals surface area (Å²) in [6, 6.07) is 11.2. The van der Waals surface area contributed by atoms with E-state index < -0.39 is 17.7 Å². The molecule has 0 aliphatic carbocycles. The second kappa shape index (κ2) is 6.76. The van der Waals surface area contributed by atoms with Gasteiger partial charge in [0.1, 0.15) is 11.5 Å². The topological polar surface area (TPSA) is 71.2 Å². The molecule has 0 fully saturated rings. The van der Waals surface area contributed by atoms with Crippen LogP contribution in [-0.2, 0) is 4.74 Å². The number of amides is 1. The van der Waals surface area contributed by atoms with E-state index >= 15 is 0 Å². The summed E-state index contributed by atoms with van der Waals surface area (Å²) >= 11 is 0. The standard InChI is InChI=1S/C19H17FN2O3/c1-3-25-19(24)17-16(13-10-11(2)8-9-15(13)21-17)22-18(23)12-6-4-5-7-14(12)20/h4-10,21H,3H2,1-2H3,(H,22,23). The maximum Gasteiger partial charge on any atom is 0.356 e. The number of aromatic nitrogens is 1. The van der Waals surface area contributed by atoms with Crippen LogP contribution in [0, 0.1) is 12.7 Å². The highest BCUT2D eigenvalue weighted by Gasteiger charge is 2.22. The molecule has 1 aromatic heterocycles. The minimum Gasteiger partial charge on any atom is -0.461 e. The van der Waals surface area contributed by atoms with Crippen molar-refractivity contribution >= 4 is 28.5 Å². The Morgan fingerprint density at radius 1 is 1.20 bits per heavy atom. The largest absolute Gasteiger partial charge is 0.461 e. The van der Waals surface area contributed by atoms with Gasteiger partial charge in [-0.25, -0.2) is 9.18 Å². The average Bonchev–Trinajstić information content (AvgIpc) is 2.93. The van der Waals surface area contributed by atoms with E-state index in [1.54, 1.807) is 13.0 Å². The smallest absolute Gasteiger partial charge is 0.356 e. The lowest BCUT2D eigenvalue weighted by Gasteiger charge is -2.08. The van der Waals surface area contributed by atoms with Crippen molar-refractivity contribution in [3.8, 4) is 0 Å². The number of H-pyrrole nitrogens is 1. The first-order valence-electron chi connectivity index (χ1n) is 7.86. The van der Waals surface area contributed by atoms with Gasteiger partial charge in [0.25, 0.3) is 5.91 Å². The summed E-state index contributed by atoms with van der Waals surface area (Å²) in [7, 11) is 0. The van der Waals surface area contributed by atoms with Gasteiger partial charge in [-0.05, 0) is 38.1 Å². The molecule has 3 aromatic rings. The van der Waals surface area contributed by atoms with Crippen LogP contribution in [0.4, 0.5) is 10.1 Å². The first-order chi connectivity index (χ1) is 12.0. The number of ether oxygens (including phenoxy) is 1. The number of rotatable bonds is 4. The third-order valence-electron chi connectivity index (χ3n) is 3.79. The Bertz CT molecular complexity index is 962. The van der Waals surface area contributed by atoms with Gasteiger partial charge in [0.05, 0.1) is 17.9 Å². The van der Waals surface area contributed by atoms with Gasteiger partial charge in [-0.1, -0.05) is 23.8 Å². The minimum absolute atomic E-state index is 0.0979. The third-order valence-corrected chi connectivity index (χ3v) is 3.79. The number of nitrogens with one attached hydrogen (secondary N) is 2. The number of hydrogen-bond donors (Lipinski definition) is 2. The number of carbonyl (C=O) groups excluding carboxylic acids is 2. The van der Waals surface area contributed by atoms with E-state index in [1.165, 1.54) is 18.2 Å². The lowest BCUT2D eigenvalue weighted by atomic mass is 10.1. The molecule has 0 saturated carbocycles. The van der Waals surface area contributed by atoms with Crippen molar-refractivity contribution in [3.05, 3.63) is 65.1 Å². The zero-order chi connectivity index (χ0) is 18.0. The van der Waals surface area contributed by atoms with E-state index in [9.17, 15) is 14.0 Å². The number of aromatic amines is 1. The van der Waals surface area contributed by atoms with E-state index in [2.05, 4.69) is 10.3 Å². The molecule has 1 amide bonds. The molecular weight excluding hydrogens is 323 g/mol. The lowest BCUT2D eigenvalue weighted by molar-refractivity contribution is 0.0522. The second-order valence-electron chi connectivity index (χ2n) is 5.58. The molecule has 6 heteroatoms. The highest BCUT2D eigenvalue weighted by molar-refractivity contribution is 6.14. The highest BCUT2D eigenvalue weighted by Crippen LogP contribution is 2.30. The van der Waals surface area contributed by atoms with E-state index in [4.69, 9.17) is 4.74 Å². The lowest BCUT2D eigenvalue weighted by Crippen LogP contribution is -2.16. The molecular formula is C19H17FN2O3. The fourth-order valence-corrected chi connectivity index (χ4v) is 2.62. The summed E-state index contributed by atoms with van der Waals surface area (Å²) in [6.07, 6.45) is 0. The molecule has 0 aliphatic rings. The number of carbonyl (C=O) groups is 2. The Morgan fingerprint density at radius 2 is 1.96 bits per heavy atom. The molecule has 0 spiro atoms. The van der Waals surface area contributed by atoms with Crippen LogP contribution in [0.1, 0.15) is 33.3 Å². The van der Waals surface area contributed by atoms with Gasteiger partial charge in [0, 0.05) is 10.9 Å². The fourth-order valence-electron chi connectivity index (χ4n) is 2.62. The van der Waals surface area contributed by atoms with E-state index in [0.717, 1.165) is 5.56 Å². The maximum atomic E-state index is 13.9. The number of halogens is 1. The summed E-state index contributed by atoms with van der Waals surface area (Å²) in [4.78, 5) is 27.7. The predicted molar refractivity (Wildman–Crippen MR) is 93.3 cm³/mol. The number of fused-ring (bicyclic) bond motifs is 1. The molecule has 0 aliphatic heterocycles. The molecule has 5 nitrogen and oxygen atoms in total. The Kier molecular flexibility index (Phi) is 4.52. The SMILES string of the molecule is CCOC(=O)c1[nH]c2ccc(C)cc2c1NC(=O)c1ccccc1F. The molecule has 0 unspecified atom stereocenters. The molecule has 2 N–H and O–H groups in total. The van der Waals surface area contributed by atoms with Crippen molar-refractivity contribution in [2.45, 2.75) is 13.8 Å². The zero-order valence-corrected chi connectivity index (χ0v) is 13.9. The number of hydrogen-bond acceptors (Lipinski definition) is 3. The van der Waals surface area contributed by atoms with Crippen LogP contribution in [0.5, 0.6) is 0 Å². The van der Waals surface area contributed by atoms with Crippen LogP contribution in [-0.4, -0.2) is 23.5 Å². The fraction of sp³-hybridized carbons (Fsp3) is 0.158. The van der Waals surface area contributed by atoms with Crippen molar-refractivity contribution < 1.29 is 18.7 Å². The van der Waals surface area contributed by atoms with Gasteiger partial charge in [-0.15, -0.1) is 0 Å². The Hall–Kier alpha value is -3.15. The van der Waals surface area contributed by atoms with Crippen LogP contribution in [0.25, 0.3) is 10.9 Å². The van der Waals surface area contributed by atoms with Crippen molar-refractivity contribution in [2.24, 2.45) is 0 Å². The van der Waals surface area contributed by atoms with Crippen molar-refractivity contribution in [2.75, 3.05) is 11.9 Å². The van der Waals surface area contributed by atoms with Crippen LogP contribution in [0.2, 0.25) is 0 Å². The second-order valence-corrected chi connectivity index (χ2v) is 5.58. The van der Waals surface area contributed by atoms with Gasteiger partial charge in [-0.2, -0.15) is 0 Å². The summed E-state index contributed by atoms with van der Waals surface area (Å²) in [6.45, 7) is 3.80. The summed E-state index contributed by atoms with van der Waals surface area (Å²) < 4.78 is 18.9. The number of aryl methyl sites for hydroxylation is 1. The van der Waals surface area contributed by atoms with Crippen LogP contribution < -0.4 is 5.32 Å². The first kappa shape index (κ1) is 16.7. The quantitative estimate of drug-likeness (QED) is 0.704. The van der Waals surface area contributed by atoms with Crippen molar-refractivity contribution in [3.63, 3.8) is 0 Å². The molecule has 128 valence electrons. The Labute approximate surface area is 143 Å². The van der Waals surface area contributed by atoms with Gasteiger partial charge in [0.2, 0.25) is 0 Å². The third kappa shape index (κ3) is 3.24. The molecule has 3 rings (SSSR count). The van der Waals surface area contributed by atoms with Crippen molar-refractivity contribution in [1.29, 1.82) is 0 Å². The monoisotopic (exact) mass is 340 g/mol. The van der Waals surface area contributed by atoms with Gasteiger partial charge >= 0.3 is 5.97 Å². The van der Waals surface area contributed by atoms with E-state index in [1.807, 2.05) is 25.1 Å². The van der Waals surface area contributed by atoms with Crippen LogP contribution >= 0.6 is 0 Å². The molecule has 0 saturated heterocycles. The van der Waals surface area contributed by atoms with Gasteiger partial charge < -0.3 is 15.0 Å². The Morgan fingerprint density at radius 3 is 2.68 bits per heavy atom. The summed E-state index contributed by atoms with van der Waals surface area (Å²) in [5.74, 6) is -1.85. The highest BCUT2D eigenvalue weighted by atomic mass is 19.1. The minimum atomic E-state index is -0.633. The molecule has 0 bridgehead atoms. The molecule has 2 aromatic carbocycles. The molecule has 0 atom stereocenters. The predicted octanol–water partition coefficient (Wildman–Crippen LogP) is 4.04. The zero-order valence-electron chi connectivity index (χ0n) is 13.9.